The first kappa shape index (κ1) is 14.3. The minimum Gasteiger partial charge on any atom is -0.294 e. The molecule has 0 N–H and O–H groups in total. The van der Waals surface area contributed by atoms with Gasteiger partial charge in [-0.25, -0.2) is 0 Å². The second-order valence-corrected chi connectivity index (χ2v) is 4.57. The van der Waals surface area contributed by atoms with E-state index in [0.717, 1.165) is 35.3 Å². The van der Waals surface area contributed by atoms with Crippen LogP contribution in [0.15, 0.2) is 39.4 Å². The Morgan fingerprint density at radius 3 is 2.56 bits per heavy atom. The maximum absolute atomic E-state index is 11.8. The van der Waals surface area contributed by atoms with Crippen molar-refractivity contribution < 1.29 is 9.59 Å². The number of hydrogen-bond donors (Lipinski definition) is 0. The molecular weight excluding hydrogens is 226 g/mol. The second kappa shape index (κ2) is 6.24. The molecule has 0 heterocycles. The fourth-order valence-electron chi connectivity index (χ4n) is 2.12. The van der Waals surface area contributed by atoms with Crippen LogP contribution >= 0.6 is 0 Å². The van der Waals surface area contributed by atoms with E-state index in [1.54, 1.807) is 13.1 Å². The van der Waals surface area contributed by atoms with Gasteiger partial charge in [0.15, 0.2) is 6.29 Å². The van der Waals surface area contributed by atoms with Crippen LogP contribution in [0.3, 0.4) is 0 Å². The van der Waals surface area contributed by atoms with Gasteiger partial charge in [0.05, 0.1) is 0 Å². The van der Waals surface area contributed by atoms with E-state index < -0.39 is 5.78 Å². The summed E-state index contributed by atoms with van der Waals surface area (Å²) in [5.41, 5.74) is 4.18. The summed E-state index contributed by atoms with van der Waals surface area (Å²) < 4.78 is 0. The van der Waals surface area contributed by atoms with E-state index in [9.17, 15) is 9.59 Å². The minimum absolute atomic E-state index is 0.372. The molecule has 0 bridgehead atoms. The average molecular weight is 245 g/mol. The van der Waals surface area contributed by atoms with Crippen molar-refractivity contribution in [1.82, 2.24) is 0 Å². The fraction of sp³-hybridized carbons (Fsp3) is 0.400. The predicted octanol–water partition coefficient (Wildman–Crippen LogP) is 2.83. The Hall–Kier alpha value is -1.77. The van der Waals surface area contributed by atoms with Gasteiger partial charge in [0.2, 0.25) is 5.78 Å². The number of ketones is 1. The Bertz CT molecular complexity index is 487. The van der Waals surface area contributed by atoms with Crippen LogP contribution in [0.1, 0.15) is 33.6 Å². The van der Waals surface area contributed by atoms with Gasteiger partial charge in [-0.15, -0.1) is 0 Å². The highest BCUT2D eigenvalue weighted by molar-refractivity contribution is 6.37. The number of carbonyl (C=O) groups is 2. The molecule has 1 aliphatic carbocycles. The topological polar surface area (TPSA) is 46.5 Å². The molecule has 0 saturated carbocycles. The monoisotopic (exact) mass is 245 g/mol. The van der Waals surface area contributed by atoms with Crippen LogP contribution in [0.5, 0.6) is 0 Å². The van der Waals surface area contributed by atoms with Gasteiger partial charge in [0.1, 0.15) is 0 Å². The molecule has 1 rings (SSSR count). The molecule has 96 valence electrons. The third-order valence-electron chi connectivity index (χ3n) is 2.92. The van der Waals surface area contributed by atoms with Crippen LogP contribution in [0.4, 0.5) is 0 Å². The fourth-order valence-corrected chi connectivity index (χ4v) is 2.12. The zero-order valence-corrected chi connectivity index (χ0v) is 11.4. The van der Waals surface area contributed by atoms with Crippen LogP contribution in [-0.2, 0) is 9.59 Å². The maximum Gasteiger partial charge on any atom is 0.226 e. The summed E-state index contributed by atoms with van der Waals surface area (Å²) in [5.74, 6) is -0.484. The van der Waals surface area contributed by atoms with Crippen molar-refractivity contribution in [2.45, 2.75) is 33.6 Å². The van der Waals surface area contributed by atoms with E-state index in [1.165, 1.54) is 0 Å². The molecule has 0 aliphatic heterocycles. The molecule has 1 aliphatic rings. The lowest BCUT2D eigenvalue weighted by molar-refractivity contribution is -0.127. The van der Waals surface area contributed by atoms with Crippen LogP contribution in [0.25, 0.3) is 0 Å². The maximum atomic E-state index is 11.8. The number of Topliss-reactive ketones (excluding diaryl/α,β-unsaturated/α-hetero) is 1. The summed E-state index contributed by atoms with van der Waals surface area (Å²) in [7, 11) is 1.72. The minimum atomic E-state index is -0.484. The largest absolute Gasteiger partial charge is 0.294 e. The molecule has 0 saturated heterocycles. The van der Waals surface area contributed by atoms with Gasteiger partial charge in [0, 0.05) is 23.9 Å². The molecule has 18 heavy (non-hydrogen) atoms. The van der Waals surface area contributed by atoms with Gasteiger partial charge in [0.25, 0.3) is 0 Å². The molecule has 0 unspecified atom stereocenters. The van der Waals surface area contributed by atoms with Crippen molar-refractivity contribution in [2.24, 2.45) is 4.99 Å². The SMILES string of the molecule is CN=C1CCC=C(C)/C=C(/C(=O)C=O)C1=C(C)C. The van der Waals surface area contributed by atoms with Crippen molar-refractivity contribution >= 4 is 17.8 Å². The molecule has 0 aromatic rings. The first-order valence-corrected chi connectivity index (χ1v) is 6.03. The Labute approximate surface area is 108 Å². The van der Waals surface area contributed by atoms with Gasteiger partial charge >= 0.3 is 0 Å². The molecular formula is C15H19NO2. The molecule has 0 aromatic carbocycles. The number of aldehydes is 1. The highest BCUT2D eigenvalue weighted by Gasteiger charge is 2.20. The molecule has 3 heteroatoms. The van der Waals surface area contributed by atoms with E-state index >= 15 is 0 Å². The number of hydrogen-bond acceptors (Lipinski definition) is 3. The average Bonchev–Trinajstić information content (AvgIpc) is 2.31. The van der Waals surface area contributed by atoms with Crippen LogP contribution in [-0.4, -0.2) is 24.8 Å². The number of aliphatic imine (C=N–C) groups is 1. The zero-order valence-electron chi connectivity index (χ0n) is 11.4. The quantitative estimate of drug-likeness (QED) is 0.554. The standard InChI is InChI=1S/C15H19NO2/c1-10(2)15-12(14(18)9-17)8-11(3)6-5-7-13(15)16-4/h6,8-9H,5,7H2,1-4H3/b11-6?,12-8-,16-13?. The Kier molecular flexibility index (Phi) is 4.95. The van der Waals surface area contributed by atoms with Crippen molar-refractivity contribution in [3.8, 4) is 0 Å². The van der Waals surface area contributed by atoms with Crippen LogP contribution < -0.4 is 0 Å². The van der Waals surface area contributed by atoms with E-state index in [2.05, 4.69) is 11.1 Å². The van der Waals surface area contributed by atoms with Gasteiger partial charge in [-0.1, -0.05) is 17.2 Å². The highest BCUT2D eigenvalue weighted by Crippen LogP contribution is 2.24. The number of carbonyl (C=O) groups excluding carboxylic acids is 2. The number of nitrogens with zero attached hydrogens (tertiary/aromatic N) is 1. The normalized spacial score (nSPS) is 21.6. The molecule has 0 spiro atoms. The second-order valence-electron chi connectivity index (χ2n) is 4.57. The first-order chi connectivity index (χ1) is 8.51. The van der Waals surface area contributed by atoms with Gasteiger partial charge in [-0.3, -0.25) is 14.6 Å². The van der Waals surface area contributed by atoms with E-state index in [0.29, 0.717) is 11.9 Å². The summed E-state index contributed by atoms with van der Waals surface area (Å²) >= 11 is 0. The first-order valence-electron chi connectivity index (χ1n) is 6.03. The van der Waals surface area contributed by atoms with Crippen molar-refractivity contribution in [3.05, 3.63) is 34.4 Å². The van der Waals surface area contributed by atoms with E-state index in [-0.39, 0.29) is 0 Å². The van der Waals surface area contributed by atoms with Crippen molar-refractivity contribution in [3.63, 3.8) is 0 Å². The van der Waals surface area contributed by atoms with Crippen molar-refractivity contribution in [2.75, 3.05) is 7.05 Å². The lowest BCUT2D eigenvalue weighted by Crippen LogP contribution is -2.16. The third kappa shape index (κ3) is 3.13. The molecule has 0 fully saturated rings. The van der Waals surface area contributed by atoms with E-state index in [1.807, 2.05) is 20.8 Å². The number of allylic oxidation sites excluding steroid dienone is 6. The lowest BCUT2D eigenvalue weighted by atomic mass is 9.88. The van der Waals surface area contributed by atoms with Gasteiger partial charge in [-0.05, 0) is 39.7 Å². The van der Waals surface area contributed by atoms with Crippen molar-refractivity contribution in [1.29, 1.82) is 0 Å². The summed E-state index contributed by atoms with van der Waals surface area (Å²) in [6.07, 6.45) is 5.90. The van der Waals surface area contributed by atoms with E-state index in [4.69, 9.17) is 0 Å². The Morgan fingerprint density at radius 2 is 2.06 bits per heavy atom. The summed E-state index contributed by atoms with van der Waals surface area (Å²) in [5, 5.41) is 0. The lowest BCUT2D eigenvalue weighted by Gasteiger charge is -2.16. The highest BCUT2D eigenvalue weighted by atomic mass is 16.2. The predicted molar refractivity (Wildman–Crippen MR) is 73.9 cm³/mol. The molecule has 0 radical (unpaired) electrons. The molecule has 0 aromatic heterocycles. The van der Waals surface area contributed by atoms with Gasteiger partial charge in [-0.2, -0.15) is 0 Å². The number of rotatable bonds is 2. The summed E-state index contributed by atoms with van der Waals surface area (Å²) in [6, 6.07) is 0. The third-order valence-corrected chi connectivity index (χ3v) is 2.92. The Balaban J connectivity index is 3.50. The summed E-state index contributed by atoms with van der Waals surface area (Å²) in [4.78, 5) is 26.9. The summed E-state index contributed by atoms with van der Waals surface area (Å²) in [6.45, 7) is 5.81. The Morgan fingerprint density at radius 1 is 1.39 bits per heavy atom. The molecule has 0 amide bonds. The van der Waals surface area contributed by atoms with Gasteiger partial charge < -0.3 is 0 Å². The van der Waals surface area contributed by atoms with Crippen LogP contribution in [0.2, 0.25) is 0 Å². The smallest absolute Gasteiger partial charge is 0.226 e. The van der Waals surface area contributed by atoms with Crippen LogP contribution in [0, 0.1) is 0 Å². The zero-order chi connectivity index (χ0) is 13.7. The molecule has 0 atom stereocenters. The molecule has 3 nitrogen and oxygen atoms in total.